The number of carbonyl (C=O) groups is 1. The molecule has 0 spiro atoms. The summed E-state index contributed by atoms with van der Waals surface area (Å²) in [4.78, 5) is 16.4. The molecule has 1 atom stereocenters. The van der Waals surface area contributed by atoms with Crippen LogP contribution in [0, 0.1) is 17.5 Å². The minimum Gasteiger partial charge on any atom is -0.333 e. The van der Waals surface area contributed by atoms with Crippen LogP contribution in [0.2, 0.25) is 0 Å². The Bertz CT molecular complexity index is 832. The van der Waals surface area contributed by atoms with Crippen LogP contribution in [-0.4, -0.2) is 41.4 Å². The molecule has 0 bridgehead atoms. The highest BCUT2D eigenvalue weighted by Gasteiger charge is 2.28. The first-order chi connectivity index (χ1) is 12.9. The number of nitrogens with one attached hydrogen (secondary N) is 1. The maximum atomic E-state index is 13.9. The average Bonchev–Trinajstić information content (AvgIpc) is 2.68. The van der Waals surface area contributed by atoms with Crippen molar-refractivity contribution in [1.29, 1.82) is 0 Å². The van der Waals surface area contributed by atoms with E-state index >= 15 is 0 Å². The van der Waals surface area contributed by atoms with Crippen LogP contribution in [0.4, 0.5) is 18.9 Å². The molecule has 0 radical (unpaired) electrons. The standard InChI is InChI=1S/C19H20F3N3OS/c1-12-10-24(11-14-4-7-16(20)18(22)17(14)21)8-9-25(12)19(26)13-2-5-15(23-27)6-3-13/h2-7,12,23,27H,8-11H2,1H3. The van der Waals surface area contributed by atoms with Crippen molar-refractivity contribution in [1.82, 2.24) is 9.80 Å². The Morgan fingerprint density at radius 3 is 2.44 bits per heavy atom. The van der Waals surface area contributed by atoms with Gasteiger partial charge in [-0.2, -0.15) is 0 Å². The normalized spacial score (nSPS) is 17.8. The molecule has 2 aromatic rings. The van der Waals surface area contributed by atoms with E-state index in [0.29, 0.717) is 25.2 Å². The Kier molecular flexibility index (Phi) is 5.96. The molecule has 0 aromatic heterocycles. The number of carbonyl (C=O) groups excluding carboxylic acids is 1. The second-order valence-electron chi connectivity index (χ2n) is 6.61. The number of anilines is 1. The fourth-order valence-electron chi connectivity index (χ4n) is 3.26. The SMILES string of the molecule is CC1CN(Cc2ccc(F)c(F)c2F)CCN1C(=O)c1ccc(NS)cc1. The predicted octanol–water partition coefficient (Wildman–Crippen LogP) is 3.71. The van der Waals surface area contributed by atoms with E-state index in [1.54, 1.807) is 29.2 Å². The Hall–Kier alpha value is -2.19. The summed E-state index contributed by atoms with van der Waals surface area (Å²) in [5.74, 6) is -3.88. The molecule has 4 nitrogen and oxygen atoms in total. The lowest BCUT2D eigenvalue weighted by molar-refractivity contribution is 0.0473. The Morgan fingerprint density at radius 2 is 1.81 bits per heavy atom. The fourth-order valence-corrected chi connectivity index (χ4v) is 3.41. The second kappa shape index (κ2) is 8.22. The van der Waals surface area contributed by atoms with Gasteiger partial charge in [-0.1, -0.05) is 18.9 Å². The second-order valence-corrected chi connectivity index (χ2v) is 6.83. The molecule has 1 N–H and O–H groups in total. The van der Waals surface area contributed by atoms with Gasteiger partial charge in [0.25, 0.3) is 5.91 Å². The highest BCUT2D eigenvalue weighted by atomic mass is 32.1. The summed E-state index contributed by atoms with van der Waals surface area (Å²) in [5, 5.41) is 0. The first-order valence-corrected chi connectivity index (χ1v) is 9.01. The van der Waals surface area contributed by atoms with Gasteiger partial charge < -0.3 is 9.62 Å². The summed E-state index contributed by atoms with van der Waals surface area (Å²) < 4.78 is 43.1. The number of benzene rings is 2. The van der Waals surface area contributed by atoms with Gasteiger partial charge in [-0.05, 0) is 37.3 Å². The van der Waals surface area contributed by atoms with Gasteiger partial charge >= 0.3 is 0 Å². The van der Waals surface area contributed by atoms with E-state index in [4.69, 9.17) is 0 Å². The molecular formula is C19H20F3N3OS. The summed E-state index contributed by atoms with van der Waals surface area (Å²) in [7, 11) is 0. The summed E-state index contributed by atoms with van der Waals surface area (Å²) in [6.07, 6.45) is 0. The van der Waals surface area contributed by atoms with Crippen LogP contribution < -0.4 is 4.72 Å². The summed E-state index contributed by atoms with van der Waals surface area (Å²) in [6.45, 7) is 3.58. The van der Waals surface area contributed by atoms with Crippen LogP contribution >= 0.6 is 12.8 Å². The van der Waals surface area contributed by atoms with E-state index in [-0.39, 0.29) is 24.1 Å². The van der Waals surface area contributed by atoms with Gasteiger partial charge in [-0.15, -0.1) is 0 Å². The molecule has 1 saturated heterocycles. The van der Waals surface area contributed by atoms with Gasteiger partial charge in [0.05, 0.1) is 0 Å². The summed E-state index contributed by atoms with van der Waals surface area (Å²) in [6, 6.07) is 9.10. The van der Waals surface area contributed by atoms with Crippen molar-refractivity contribution in [2.24, 2.45) is 0 Å². The quantitative estimate of drug-likeness (QED) is 0.612. The molecule has 3 rings (SSSR count). The van der Waals surface area contributed by atoms with E-state index in [2.05, 4.69) is 17.5 Å². The van der Waals surface area contributed by atoms with Gasteiger partial charge in [0, 0.05) is 49.0 Å². The van der Waals surface area contributed by atoms with E-state index in [1.165, 1.54) is 6.07 Å². The fraction of sp³-hybridized carbons (Fsp3) is 0.316. The molecule has 1 aliphatic heterocycles. The number of halogens is 3. The monoisotopic (exact) mass is 395 g/mol. The number of amides is 1. The minimum absolute atomic E-state index is 0.0770. The molecule has 1 unspecified atom stereocenters. The molecular weight excluding hydrogens is 375 g/mol. The van der Waals surface area contributed by atoms with Crippen molar-refractivity contribution in [3.63, 3.8) is 0 Å². The number of nitrogens with zero attached hydrogens (tertiary/aromatic N) is 2. The van der Waals surface area contributed by atoms with Crippen LogP contribution in [-0.2, 0) is 6.54 Å². The van der Waals surface area contributed by atoms with E-state index in [9.17, 15) is 18.0 Å². The van der Waals surface area contributed by atoms with Gasteiger partial charge in [0.1, 0.15) is 0 Å². The van der Waals surface area contributed by atoms with Crippen LogP contribution in [0.15, 0.2) is 36.4 Å². The molecule has 8 heteroatoms. The molecule has 144 valence electrons. The Balaban J connectivity index is 1.65. The molecule has 0 aliphatic carbocycles. The van der Waals surface area contributed by atoms with E-state index in [0.717, 1.165) is 11.8 Å². The third-order valence-corrected chi connectivity index (χ3v) is 5.00. The number of thiol groups is 1. The maximum absolute atomic E-state index is 13.9. The van der Waals surface area contributed by atoms with Crippen molar-refractivity contribution < 1.29 is 18.0 Å². The average molecular weight is 395 g/mol. The minimum atomic E-state index is -1.45. The zero-order valence-electron chi connectivity index (χ0n) is 14.8. The molecule has 1 aliphatic rings. The van der Waals surface area contributed by atoms with Crippen LogP contribution in [0.25, 0.3) is 0 Å². The Morgan fingerprint density at radius 1 is 1.11 bits per heavy atom. The van der Waals surface area contributed by atoms with Crippen LogP contribution in [0.1, 0.15) is 22.8 Å². The highest BCUT2D eigenvalue weighted by Crippen LogP contribution is 2.20. The van der Waals surface area contributed by atoms with E-state index in [1.807, 2.05) is 11.8 Å². The van der Waals surface area contributed by atoms with Gasteiger partial charge in [-0.3, -0.25) is 9.69 Å². The third kappa shape index (κ3) is 4.22. The lowest BCUT2D eigenvalue weighted by Gasteiger charge is -2.40. The predicted molar refractivity (Wildman–Crippen MR) is 101 cm³/mol. The Labute approximate surface area is 161 Å². The lowest BCUT2D eigenvalue weighted by atomic mass is 10.1. The van der Waals surface area contributed by atoms with Crippen LogP contribution in [0.3, 0.4) is 0 Å². The van der Waals surface area contributed by atoms with Crippen molar-refractivity contribution >= 4 is 24.4 Å². The molecule has 1 amide bonds. The van der Waals surface area contributed by atoms with Crippen molar-refractivity contribution in [3.8, 4) is 0 Å². The zero-order valence-corrected chi connectivity index (χ0v) is 15.6. The molecule has 2 aromatic carbocycles. The number of rotatable bonds is 4. The van der Waals surface area contributed by atoms with Gasteiger partial charge in [-0.25, -0.2) is 13.2 Å². The van der Waals surface area contributed by atoms with Gasteiger partial charge in [0.15, 0.2) is 17.5 Å². The number of piperazine rings is 1. The molecule has 27 heavy (non-hydrogen) atoms. The molecule has 1 heterocycles. The first-order valence-electron chi connectivity index (χ1n) is 8.56. The topological polar surface area (TPSA) is 35.6 Å². The number of hydrogen-bond donors (Lipinski definition) is 2. The van der Waals surface area contributed by atoms with Crippen molar-refractivity contribution in [3.05, 3.63) is 65.0 Å². The largest absolute Gasteiger partial charge is 0.333 e. The highest BCUT2D eigenvalue weighted by molar-refractivity contribution is 7.81. The van der Waals surface area contributed by atoms with E-state index < -0.39 is 17.5 Å². The molecule has 1 fully saturated rings. The zero-order chi connectivity index (χ0) is 19.6. The smallest absolute Gasteiger partial charge is 0.254 e. The summed E-state index contributed by atoms with van der Waals surface area (Å²) >= 11 is 3.96. The first kappa shape index (κ1) is 19.6. The maximum Gasteiger partial charge on any atom is 0.254 e. The summed E-state index contributed by atoms with van der Waals surface area (Å²) in [5.41, 5.74) is 1.48. The molecule has 0 saturated carbocycles. The lowest BCUT2D eigenvalue weighted by Crippen LogP contribution is -2.53. The number of hydrogen-bond acceptors (Lipinski definition) is 4. The van der Waals surface area contributed by atoms with Crippen LogP contribution in [0.5, 0.6) is 0 Å². The van der Waals surface area contributed by atoms with Gasteiger partial charge in [0.2, 0.25) is 0 Å². The third-order valence-electron chi connectivity index (χ3n) is 4.74. The van der Waals surface area contributed by atoms with Crippen molar-refractivity contribution in [2.75, 3.05) is 24.4 Å². The van der Waals surface area contributed by atoms with Crippen molar-refractivity contribution in [2.45, 2.75) is 19.5 Å².